The first-order valence-corrected chi connectivity index (χ1v) is 6.75. The smallest absolute Gasteiger partial charge is 0.234 e. The van der Waals surface area contributed by atoms with Gasteiger partial charge in [-0.15, -0.1) is 0 Å². The largest absolute Gasteiger partial charge is 0.381 e. The van der Waals surface area contributed by atoms with E-state index in [4.69, 9.17) is 10.00 Å². The number of nitrogens with one attached hydrogen (secondary N) is 1. The zero-order valence-electron chi connectivity index (χ0n) is 10.7. The number of amides is 1. The van der Waals surface area contributed by atoms with Gasteiger partial charge in [0.1, 0.15) is 0 Å². The molecule has 0 bridgehead atoms. The number of hydrogen-bond donors (Lipinski definition) is 1. The zero-order chi connectivity index (χ0) is 12.8. The lowest BCUT2D eigenvalue weighted by molar-refractivity contribution is -0.122. The number of nitriles is 1. The van der Waals surface area contributed by atoms with Gasteiger partial charge in [-0.05, 0) is 25.2 Å². The maximum atomic E-state index is 11.7. The van der Waals surface area contributed by atoms with Crippen LogP contribution in [0.15, 0.2) is 0 Å². The molecule has 100 valence electrons. The Bertz CT molecular complexity index is 317. The van der Waals surface area contributed by atoms with Crippen LogP contribution in [0.2, 0.25) is 0 Å². The second kappa shape index (κ2) is 6.72. The number of rotatable bonds is 7. The van der Waals surface area contributed by atoms with E-state index in [1.54, 1.807) is 0 Å². The molecule has 1 saturated heterocycles. The van der Waals surface area contributed by atoms with Crippen molar-refractivity contribution in [2.45, 2.75) is 31.7 Å². The first-order valence-electron chi connectivity index (χ1n) is 6.75. The van der Waals surface area contributed by atoms with Crippen molar-refractivity contribution in [3.63, 3.8) is 0 Å². The summed E-state index contributed by atoms with van der Waals surface area (Å²) in [6.07, 6.45) is 3.91. The third-order valence-electron chi connectivity index (χ3n) is 3.49. The summed E-state index contributed by atoms with van der Waals surface area (Å²) in [6.45, 7) is 3.58. The van der Waals surface area contributed by atoms with E-state index in [2.05, 4.69) is 10.2 Å². The first-order chi connectivity index (χ1) is 8.79. The molecule has 1 aliphatic carbocycles. The van der Waals surface area contributed by atoms with Crippen LogP contribution in [0.25, 0.3) is 0 Å². The molecular weight excluding hydrogens is 230 g/mol. The average Bonchev–Trinajstić information content (AvgIpc) is 3.08. The Morgan fingerprint density at radius 1 is 1.44 bits per heavy atom. The van der Waals surface area contributed by atoms with E-state index in [-0.39, 0.29) is 5.91 Å². The van der Waals surface area contributed by atoms with Gasteiger partial charge in [-0.25, -0.2) is 0 Å². The van der Waals surface area contributed by atoms with E-state index in [9.17, 15) is 4.79 Å². The molecule has 0 spiro atoms. The fourth-order valence-electron chi connectivity index (χ4n) is 2.34. The minimum Gasteiger partial charge on any atom is -0.381 e. The summed E-state index contributed by atoms with van der Waals surface area (Å²) in [5.74, 6) is 0.619. The third-order valence-corrected chi connectivity index (χ3v) is 3.49. The lowest BCUT2D eigenvalue weighted by Gasteiger charge is -2.24. The van der Waals surface area contributed by atoms with E-state index >= 15 is 0 Å². The Hall–Kier alpha value is -1.12. The van der Waals surface area contributed by atoms with E-state index < -0.39 is 0 Å². The van der Waals surface area contributed by atoms with Crippen molar-refractivity contribution in [3.05, 3.63) is 0 Å². The van der Waals surface area contributed by atoms with Crippen LogP contribution in [0.5, 0.6) is 0 Å². The molecule has 0 aromatic rings. The second-order valence-electron chi connectivity index (χ2n) is 5.15. The summed E-state index contributed by atoms with van der Waals surface area (Å²) in [4.78, 5) is 14.0. The lowest BCUT2D eigenvalue weighted by atomic mass is 10.1. The maximum Gasteiger partial charge on any atom is 0.234 e. The molecule has 1 unspecified atom stereocenters. The van der Waals surface area contributed by atoms with Crippen molar-refractivity contribution in [1.82, 2.24) is 10.2 Å². The van der Waals surface area contributed by atoms with Gasteiger partial charge in [0.25, 0.3) is 0 Å². The zero-order valence-corrected chi connectivity index (χ0v) is 10.7. The normalized spacial score (nSPS) is 23.0. The highest BCUT2D eigenvalue weighted by atomic mass is 16.5. The number of nitrogens with zero attached hydrogens (tertiary/aromatic N) is 2. The van der Waals surface area contributed by atoms with Crippen LogP contribution >= 0.6 is 0 Å². The monoisotopic (exact) mass is 251 g/mol. The number of carbonyl (C=O) groups excluding carboxylic acids is 1. The highest BCUT2D eigenvalue weighted by Gasteiger charge is 2.32. The van der Waals surface area contributed by atoms with Gasteiger partial charge in [-0.3, -0.25) is 9.69 Å². The molecule has 1 aliphatic heterocycles. The fraction of sp³-hybridized carbons (Fsp3) is 0.846. The minimum atomic E-state index is 0.0380. The van der Waals surface area contributed by atoms with Crippen LogP contribution in [0.4, 0.5) is 0 Å². The topological polar surface area (TPSA) is 65.4 Å². The van der Waals surface area contributed by atoms with Crippen molar-refractivity contribution in [1.29, 1.82) is 5.26 Å². The van der Waals surface area contributed by atoms with Gasteiger partial charge in [0, 0.05) is 25.7 Å². The standard InChI is InChI=1S/C13H21N3O2/c14-5-1-6-15-13(17)9-16(12-2-3-12)8-11-4-7-18-10-11/h11-12H,1-4,6-10H2,(H,15,17). The van der Waals surface area contributed by atoms with E-state index in [1.807, 2.05) is 6.07 Å². The first kappa shape index (κ1) is 13.3. The average molecular weight is 251 g/mol. The van der Waals surface area contributed by atoms with Crippen molar-refractivity contribution < 1.29 is 9.53 Å². The predicted molar refractivity (Wildman–Crippen MR) is 66.8 cm³/mol. The van der Waals surface area contributed by atoms with E-state index in [1.165, 1.54) is 12.8 Å². The summed E-state index contributed by atoms with van der Waals surface area (Å²) in [7, 11) is 0. The second-order valence-corrected chi connectivity index (χ2v) is 5.15. The summed E-state index contributed by atoms with van der Waals surface area (Å²) in [6, 6.07) is 2.62. The number of carbonyl (C=O) groups is 1. The Kier molecular flexibility index (Phi) is 4.97. The molecule has 5 nitrogen and oxygen atoms in total. The van der Waals surface area contributed by atoms with E-state index in [0.29, 0.717) is 31.5 Å². The minimum absolute atomic E-state index is 0.0380. The van der Waals surface area contributed by atoms with Gasteiger partial charge in [-0.2, -0.15) is 5.26 Å². The Morgan fingerprint density at radius 3 is 2.89 bits per heavy atom. The Balaban J connectivity index is 1.71. The van der Waals surface area contributed by atoms with E-state index in [0.717, 1.165) is 26.2 Å². The molecule has 1 N–H and O–H groups in total. The van der Waals surface area contributed by atoms with Gasteiger partial charge in [0.2, 0.25) is 5.91 Å². The molecule has 1 heterocycles. The van der Waals surface area contributed by atoms with Gasteiger partial charge in [-0.1, -0.05) is 0 Å². The van der Waals surface area contributed by atoms with Crippen LogP contribution in [0.3, 0.4) is 0 Å². The van der Waals surface area contributed by atoms with Crippen molar-refractivity contribution in [2.24, 2.45) is 5.92 Å². The quantitative estimate of drug-likeness (QED) is 0.670. The van der Waals surface area contributed by atoms with Crippen molar-refractivity contribution >= 4 is 5.91 Å². The van der Waals surface area contributed by atoms with Crippen LogP contribution in [0, 0.1) is 17.2 Å². The molecule has 1 saturated carbocycles. The molecule has 1 amide bonds. The van der Waals surface area contributed by atoms with Crippen molar-refractivity contribution in [2.75, 3.05) is 32.8 Å². The van der Waals surface area contributed by atoms with Crippen LogP contribution < -0.4 is 5.32 Å². The van der Waals surface area contributed by atoms with Crippen molar-refractivity contribution in [3.8, 4) is 6.07 Å². The molecule has 2 fully saturated rings. The Labute approximate surface area is 108 Å². The van der Waals surface area contributed by atoms with Gasteiger partial charge < -0.3 is 10.1 Å². The van der Waals surface area contributed by atoms with Crippen LogP contribution in [0.1, 0.15) is 25.7 Å². The molecule has 0 radical (unpaired) electrons. The third kappa shape index (κ3) is 4.28. The fourth-order valence-corrected chi connectivity index (χ4v) is 2.34. The summed E-state index contributed by atoms with van der Waals surface area (Å²) < 4.78 is 5.38. The lowest BCUT2D eigenvalue weighted by Crippen LogP contribution is -2.41. The molecule has 0 aromatic heterocycles. The summed E-state index contributed by atoms with van der Waals surface area (Å²) in [5, 5.41) is 11.2. The summed E-state index contributed by atoms with van der Waals surface area (Å²) in [5.41, 5.74) is 0. The van der Waals surface area contributed by atoms with Gasteiger partial charge in [0.05, 0.1) is 25.6 Å². The molecular formula is C13H21N3O2. The van der Waals surface area contributed by atoms with Gasteiger partial charge in [0.15, 0.2) is 0 Å². The highest BCUT2D eigenvalue weighted by molar-refractivity contribution is 5.78. The summed E-state index contributed by atoms with van der Waals surface area (Å²) >= 11 is 0. The molecule has 5 heteroatoms. The molecule has 1 atom stereocenters. The number of hydrogen-bond acceptors (Lipinski definition) is 4. The highest BCUT2D eigenvalue weighted by Crippen LogP contribution is 2.28. The molecule has 2 aliphatic rings. The van der Waals surface area contributed by atoms with Crippen LogP contribution in [-0.4, -0.2) is 49.7 Å². The van der Waals surface area contributed by atoms with Crippen LogP contribution in [-0.2, 0) is 9.53 Å². The van der Waals surface area contributed by atoms with Gasteiger partial charge >= 0.3 is 0 Å². The predicted octanol–water partition coefficient (Wildman–Crippen LogP) is 0.517. The molecule has 2 rings (SSSR count). The Morgan fingerprint density at radius 2 is 2.28 bits per heavy atom. The SMILES string of the molecule is N#CCCNC(=O)CN(CC1CCOC1)C1CC1. The maximum absolute atomic E-state index is 11.7. The number of ether oxygens (including phenoxy) is 1. The molecule has 18 heavy (non-hydrogen) atoms. The molecule has 0 aromatic carbocycles.